The number of hydrogen-bond donors (Lipinski definition) is 1. The van der Waals surface area contributed by atoms with E-state index in [0.717, 1.165) is 0 Å². The highest BCUT2D eigenvalue weighted by atomic mass is 35.5. The third-order valence-corrected chi connectivity index (χ3v) is 1.65. The van der Waals surface area contributed by atoms with Crippen molar-refractivity contribution in [3.63, 3.8) is 0 Å². The van der Waals surface area contributed by atoms with Gasteiger partial charge in [0, 0.05) is 19.2 Å². The number of aromatic nitrogens is 2. The van der Waals surface area contributed by atoms with Crippen molar-refractivity contribution in [1.82, 2.24) is 9.97 Å². The van der Waals surface area contributed by atoms with Crippen LogP contribution in [0.1, 0.15) is 6.92 Å². The molecule has 0 aliphatic heterocycles. The minimum atomic E-state index is 0.205. The predicted octanol–water partition coefficient (Wildman–Crippen LogP) is 1.58. The lowest BCUT2D eigenvalue weighted by molar-refractivity contribution is 0.190. The van der Waals surface area contributed by atoms with Gasteiger partial charge in [0.1, 0.15) is 17.3 Å². The lowest BCUT2D eigenvalue weighted by Gasteiger charge is -2.12. The standard InChI is InChI=1S/C8H12ClN3O/c1-6(4-13-2)12-8-3-7(9)10-5-11-8/h3,5-6H,4H2,1-2H3,(H,10,11,12)/t6-/m0/s1. The molecule has 0 saturated carbocycles. The molecule has 13 heavy (non-hydrogen) atoms. The van der Waals surface area contributed by atoms with E-state index in [9.17, 15) is 0 Å². The van der Waals surface area contributed by atoms with Gasteiger partial charge in [0.05, 0.1) is 6.61 Å². The van der Waals surface area contributed by atoms with E-state index in [1.807, 2.05) is 6.92 Å². The van der Waals surface area contributed by atoms with Crippen molar-refractivity contribution in [3.05, 3.63) is 17.5 Å². The highest BCUT2D eigenvalue weighted by molar-refractivity contribution is 6.29. The number of rotatable bonds is 4. The van der Waals surface area contributed by atoms with Crippen LogP contribution in [0.2, 0.25) is 5.15 Å². The molecule has 0 amide bonds. The second-order valence-corrected chi connectivity index (χ2v) is 3.11. The van der Waals surface area contributed by atoms with Crippen LogP contribution < -0.4 is 5.32 Å². The van der Waals surface area contributed by atoms with Gasteiger partial charge in [-0.15, -0.1) is 0 Å². The van der Waals surface area contributed by atoms with Crippen LogP contribution in [0.15, 0.2) is 12.4 Å². The molecule has 4 nitrogen and oxygen atoms in total. The highest BCUT2D eigenvalue weighted by Gasteiger charge is 2.02. The van der Waals surface area contributed by atoms with Crippen molar-refractivity contribution in [2.75, 3.05) is 19.0 Å². The van der Waals surface area contributed by atoms with Crippen LogP contribution in [-0.2, 0) is 4.74 Å². The first-order chi connectivity index (χ1) is 6.22. The molecule has 72 valence electrons. The van der Waals surface area contributed by atoms with Crippen molar-refractivity contribution in [3.8, 4) is 0 Å². The second-order valence-electron chi connectivity index (χ2n) is 2.73. The van der Waals surface area contributed by atoms with E-state index in [1.54, 1.807) is 13.2 Å². The van der Waals surface area contributed by atoms with Crippen LogP contribution in [0.4, 0.5) is 5.82 Å². The maximum Gasteiger partial charge on any atom is 0.134 e. The topological polar surface area (TPSA) is 47.0 Å². The van der Waals surface area contributed by atoms with Crippen molar-refractivity contribution in [2.45, 2.75) is 13.0 Å². The third kappa shape index (κ3) is 3.57. The minimum absolute atomic E-state index is 0.205. The lowest BCUT2D eigenvalue weighted by Crippen LogP contribution is -2.21. The maximum atomic E-state index is 5.68. The van der Waals surface area contributed by atoms with E-state index in [2.05, 4.69) is 15.3 Å². The largest absolute Gasteiger partial charge is 0.383 e. The summed E-state index contributed by atoms with van der Waals surface area (Å²) in [6, 6.07) is 1.88. The summed E-state index contributed by atoms with van der Waals surface area (Å²) in [5.41, 5.74) is 0. The second kappa shape index (κ2) is 4.99. The SMILES string of the molecule is COC[C@H](C)Nc1cc(Cl)ncn1. The van der Waals surface area contributed by atoms with E-state index >= 15 is 0 Å². The van der Waals surface area contributed by atoms with Gasteiger partial charge in [0.25, 0.3) is 0 Å². The Morgan fingerprint density at radius 2 is 2.38 bits per heavy atom. The Labute approximate surface area is 82.3 Å². The Morgan fingerprint density at radius 1 is 1.62 bits per heavy atom. The maximum absolute atomic E-state index is 5.68. The van der Waals surface area contributed by atoms with Crippen LogP contribution in [0.3, 0.4) is 0 Å². The van der Waals surface area contributed by atoms with E-state index in [1.165, 1.54) is 6.33 Å². The molecule has 1 heterocycles. The van der Waals surface area contributed by atoms with Crippen LogP contribution >= 0.6 is 11.6 Å². The molecule has 0 spiro atoms. The summed E-state index contributed by atoms with van der Waals surface area (Å²) in [4.78, 5) is 7.78. The molecule has 0 saturated heterocycles. The number of methoxy groups -OCH3 is 1. The molecular formula is C8H12ClN3O. The Kier molecular flexibility index (Phi) is 3.92. The Balaban J connectivity index is 2.53. The fourth-order valence-electron chi connectivity index (χ4n) is 0.957. The summed E-state index contributed by atoms with van der Waals surface area (Å²) in [5, 5.41) is 3.56. The van der Waals surface area contributed by atoms with Crippen molar-refractivity contribution >= 4 is 17.4 Å². The summed E-state index contributed by atoms with van der Waals surface area (Å²) in [6.07, 6.45) is 1.42. The van der Waals surface area contributed by atoms with E-state index in [-0.39, 0.29) is 6.04 Å². The monoisotopic (exact) mass is 201 g/mol. The zero-order chi connectivity index (χ0) is 9.68. The van der Waals surface area contributed by atoms with Crippen LogP contribution in [-0.4, -0.2) is 29.7 Å². The molecule has 0 aliphatic carbocycles. The molecule has 5 heteroatoms. The molecular weight excluding hydrogens is 190 g/mol. The normalized spacial score (nSPS) is 12.5. The van der Waals surface area contributed by atoms with Gasteiger partial charge in [-0.05, 0) is 6.92 Å². The number of nitrogens with one attached hydrogen (secondary N) is 1. The van der Waals surface area contributed by atoms with Gasteiger partial charge in [-0.3, -0.25) is 0 Å². The summed E-state index contributed by atoms with van der Waals surface area (Å²) in [7, 11) is 1.66. The summed E-state index contributed by atoms with van der Waals surface area (Å²) in [5.74, 6) is 0.713. The average Bonchev–Trinajstić information content (AvgIpc) is 2.04. The van der Waals surface area contributed by atoms with Crippen LogP contribution in [0.5, 0.6) is 0 Å². The molecule has 0 fully saturated rings. The third-order valence-electron chi connectivity index (χ3n) is 1.44. The molecule has 0 radical (unpaired) electrons. The van der Waals surface area contributed by atoms with Gasteiger partial charge in [-0.2, -0.15) is 0 Å². The Morgan fingerprint density at radius 3 is 3.00 bits per heavy atom. The van der Waals surface area contributed by atoms with Gasteiger partial charge in [0.2, 0.25) is 0 Å². The van der Waals surface area contributed by atoms with Gasteiger partial charge in [0.15, 0.2) is 0 Å². The van der Waals surface area contributed by atoms with E-state index < -0.39 is 0 Å². The molecule has 1 aromatic heterocycles. The summed E-state index contributed by atoms with van der Waals surface area (Å²) in [6.45, 7) is 2.63. The van der Waals surface area contributed by atoms with Crippen LogP contribution in [0.25, 0.3) is 0 Å². The van der Waals surface area contributed by atoms with Gasteiger partial charge < -0.3 is 10.1 Å². The van der Waals surface area contributed by atoms with Crippen molar-refractivity contribution in [2.24, 2.45) is 0 Å². The predicted molar refractivity (Wildman–Crippen MR) is 52.0 cm³/mol. The quantitative estimate of drug-likeness (QED) is 0.752. The fraction of sp³-hybridized carbons (Fsp3) is 0.500. The molecule has 1 N–H and O–H groups in total. The Hall–Kier alpha value is -0.870. The van der Waals surface area contributed by atoms with Crippen LogP contribution in [0, 0.1) is 0 Å². The van der Waals surface area contributed by atoms with Gasteiger partial charge in [-0.1, -0.05) is 11.6 Å². The molecule has 1 rings (SSSR count). The fourth-order valence-corrected chi connectivity index (χ4v) is 1.10. The molecule has 0 aromatic carbocycles. The number of anilines is 1. The average molecular weight is 202 g/mol. The zero-order valence-electron chi connectivity index (χ0n) is 7.62. The van der Waals surface area contributed by atoms with Gasteiger partial charge in [-0.25, -0.2) is 9.97 Å². The number of nitrogens with zero attached hydrogens (tertiary/aromatic N) is 2. The molecule has 0 bridgehead atoms. The number of ether oxygens (including phenoxy) is 1. The number of hydrogen-bond acceptors (Lipinski definition) is 4. The first-order valence-electron chi connectivity index (χ1n) is 3.95. The minimum Gasteiger partial charge on any atom is -0.383 e. The summed E-state index contributed by atoms with van der Waals surface area (Å²) < 4.78 is 4.97. The smallest absolute Gasteiger partial charge is 0.134 e. The van der Waals surface area contributed by atoms with Crippen molar-refractivity contribution < 1.29 is 4.74 Å². The summed E-state index contributed by atoms with van der Waals surface area (Å²) >= 11 is 5.68. The van der Waals surface area contributed by atoms with E-state index in [4.69, 9.17) is 16.3 Å². The molecule has 0 aliphatic rings. The Bertz CT molecular complexity index is 269. The molecule has 0 unspecified atom stereocenters. The van der Waals surface area contributed by atoms with E-state index in [0.29, 0.717) is 17.6 Å². The van der Waals surface area contributed by atoms with Crippen molar-refractivity contribution in [1.29, 1.82) is 0 Å². The lowest BCUT2D eigenvalue weighted by atomic mass is 10.3. The zero-order valence-corrected chi connectivity index (χ0v) is 8.38. The number of halogens is 1. The first kappa shape index (κ1) is 10.2. The molecule has 1 aromatic rings. The molecule has 1 atom stereocenters. The van der Waals surface area contributed by atoms with Gasteiger partial charge >= 0.3 is 0 Å². The highest BCUT2D eigenvalue weighted by Crippen LogP contribution is 2.09. The first-order valence-corrected chi connectivity index (χ1v) is 4.33.